The number of rotatable bonds is 5. The van der Waals surface area contributed by atoms with Crippen LogP contribution in [0.5, 0.6) is 0 Å². The summed E-state index contributed by atoms with van der Waals surface area (Å²) in [6.07, 6.45) is -4.54. The number of nitrogens with zero attached hydrogens (tertiary/aromatic N) is 2. The zero-order valence-corrected chi connectivity index (χ0v) is 17.7. The molecule has 2 amide bonds. The van der Waals surface area contributed by atoms with Crippen molar-refractivity contribution in [3.63, 3.8) is 0 Å². The predicted octanol–water partition coefficient (Wildman–Crippen LogP) is 5.72. The monoisotopic (exact) mass is 484 g/mol. The second-order valence-corrected chi connectivity index (χ2v) is 7.51. The Bertz CT molecular complexity index is 1440. The van der Waals surface area contributed by atoms with Crippen molar-refractivity contribution in [1.29, 1.82) is 0 Å². The molecule has 1 aromatic heterocycles. The van der Waals surface area contributed by atoms with E-state index in [1.165, 1.54) is 18.5 Å². The molecule has 0 atom stereocenters. The molecule has 0 spiro atoms. The van der Waals surface area contributed by atoms with Gasteiger partial charge in [0.1, 0.15) is 18.0 Å². The molecule has 4 aromatic rings. The van der Waals surface area contributed by atoms with Gasteiger partial charge < -0.3 is 10.4 Å². The number of hydrogen-bond donors (Lipinski definition) is 3. The SMILES string of the molecule is O=C(O)Nc1cc(Cc2ccc3c(C(=O)Nc4ccc(F)c(C(F)(F)F)c4)cccc3c2)ncn1. The van der Waals surface area contributed by atoms with E-state index in [1.54, 1.807) is 24.3 Å². The second kappa shape index (κ2) is 9.37. The topological polar surface area (TPSA) is 104 Å². The molecular weight excluding hydrogens is 468 g/mol. The molecule has 0 aliphatic heterocycles. The third kappa shape index (κ3) is 5.52. The molecule has 4 rings (SSSR count). The number of benzene rings is 3. The van der Waals surface area contributed by atoms with Crippen LogP contribution in [0.3, 0.4) is 0 Å². The van der Waals surface area contributed by atoms with Crippen LogP contribution in [-0.4, -0.2) is 27.1 Å². The third-order valence-corrected chi connectivity index (χ3v) is 5.06. The Hall–Kier alpha value is -4.54. The summed E-state index contributed by atoms with van der Waals surface area (Å²) < 4.78 is 52.5. The van der Waals surface area contributed by atoms with Gasteiger partial charge in [0.05, 0.1) is 11.3 Å². The predicted molar refractivity (Wildman–Crippen MR) is 120 cm³/mol. The number of nitrogens with one attached hydrogen (secondary N) is 2. The molecule has 178 valence electrons. The van der Waals surface area contributed by atoms with E-state index in [9.17, 15) is 27.2 Å². The van der Waals surface area contributed by atoms with Crippen LogP contribution >= 0.6 is 0 Å². The molecule has 0 radical (unpaired) electrons. The Kier molecular flexibility index (Phi) is 6.32. The van der Waals surface area contributed by atoms with E-state index in [-0.39, 0.29) is 17.1 Å². The zero-order chi connectivity index (χ0) is 25.2. The summed E-state index contributed by atoms with van der Waals surface area (Å²) in [4.78, 5) is 31.6. The van der Waals surface area contributed by atoms with Crippen LogP contribution in [-0.2, 0) is 12.6 Å². The first-order valence-electron chi connectivity index (χ1n) is 10.1. The first kappa shape index (κ1) is 23.6. The fourth-order valence-corrected chi connectivity index (χ4v) is 3.54. The minimum absolute atomic E-state index is 0.136. The lowest BCUT2D eigenvalue weighted by Gasteiger charge is -2.12. The third-order valence-electron chi connectivity index (χ3n) is 5.06. The van der Waals surface area contributed by atoms with Crippen molar-refractivity contribution in [3.8, 4) is 0 Å². The quantitative estimate of drug-likeness (QED) is 0.314. The van der Waals surface area contributed by atoms with Gasteiger partial charge in [0.2, 0.25) is 0 Å². The average molecular weight is 484 g/mol. The van der Waals surface area contributed by atoms with Gasteiger partial charge in [-0.2, -0.15) is 13.2 Å². The van der Waals surface area contributed by atoms with Crippen molar-refractivity contribution in [2.24, 2.45) is 0 Å². The maximum absolute atomic E-state index is 13.5. The Morgan fingerprint density at radius 1 is 0.943 bits per heavy atom. The maximum atomic E-state index is 13.5. The number of halogens is 4. The molecule has 0 saturated carbocycles. The standard InChI is InChI=1S/C24H16F4N4O3/c25-20-7-5-15(10-19(20)24(26,27)28)31-22(33)18-3-1-2-14-8-13(4-6-17(14)18)9-16-11-21(30-12-29-16)32-23(34)35/h1-8,10-12H,9H2,(H,31,33)(H,34,35)(H,29,30,32). The number of amides is 2. The zero-order valence-electron chi connectivity index (χ0n) is 17.7. The summed E-state index contributed by atoms with van der Waals surface area (Å²) in [6, 6.07) is 14.0. The van der Waals surface area contributed by atoms with E-state index in [0.29, 0.717) is 35.0 Å². The molecule has 7 nitrogen and oxygen atoms in total. The number of carbonyl (C=O) groups excluding carboxylic acids is 1. The fourth-order valence-electron chi connectivity index (χ4n) is 3.54. The van der Waals surface area contributed by atoms with Crippen molar-refractivity contribution in [2.45, 2.75) is 12.6 Å². The number of alkyl halides is 3. The van der Waals surface area contributed by atoms with E-state index >= 15 is 0 Å². The van der Waals surface area contributed by atoms with Gasteiger partial charge in [0, 0.05) is 23.7 Å². The molecule has 0 unspecified atom stereocenters. The molecule has 3 aromatic carbocycles. The highest BCUT2D eigenvalue weighted by Gasteiger charge is 2.34. The molecule has 35 heavy (non-hydrogen) atoms. The summed E-state index contributed by atoms with van der Waals surface area (Å²) in [5.74, 6) is -1.94. The van der Waals surface area contributed by atoms with E-state index in [2.05, 4.69) is 20.6 Å². The van der Waals surface area contributed by atoms with E-state index in [1.807, 2.05) is 6.07 Å². The molecule has 0 saturated heterocycles. The van der Waals surface area contributed by atoms with E-state index < -0.39 is 29.6 Å². The van der Waals surface area contributed by atoms with Crippen LogP contribution in [0, 0.1) is 5.82 Å². The highest BCUT2D eigenvalue weighted by atomic mass is 19.4. The van der Waals surface area contributed by atoms with Gasteiger partial charge in [-0.3, -0.25) is 10.1 Å². The molecule has 3 N–H and O–H groups in total. The van der Waals surface area contributed by atoms with Crippen molar-refractivity contribution in [2.75, 3.05) is 10.6 Å². The number of anilines is 2. The number of hydrogen-bond acceptors (Lipinski definition) is 4. The van der Waals surface area contributed by atoms with E-state index in [0.717, 1.165) is 11.6 Å². The number of aromatic nitrogens is 2. The van der Waals surface area contributed by atoms with Gasteiger partial charge in [-0.05, 0) is 40.6 Å². The summed E-state index contributed by atoms with van der Waals surface area (Å²) in [7, 11) is 0. The molecule has 0 bridgehead atoms. The first-order valence-corrected chi connectivity index (χ1v) is 10.1. The van der Waals surface area contributed by atoms with Crippen LogP contribution in [0.25, 0.3) is 10.8 Å². The Morgan fingerprint density at radius 3 is 2.49 bits per heavy atom. The second-order valence-electron chi connectivity index (χ2n) is 7.51. The smallest absolute Gasteiger partial charge is 0.419 e. The van der Waals surface area contributed by atoms with Gasteiger partial charge in [-0.25, -0.2) is 19.2 Å². The maximum Gasteiger partial charge on any atom is 0.419 e. The largest absolute Gasteiger partial charge is 0.465 e. The lowest BCUT2D eigenvalue weighted by Crippen LogP contribution is -2.14. The summed E-state index contributed by atoms with van der Waals surface area (Å²) >= 11 is 0. The molecule has 0 aliphatic rings. The summed E-state index contributed by atoms with van der Waals surface area (Å²) in [5, 5.41) is 14.6. The average Bonchev–Trinajstić information content (AvgIpc) is 2.79. The van der Waals surface area contributed by atoms with Gasteiger partial charge in [0.25, 0.3) is 5.91 Å². The number of carboxylic acid groups (broad SMARTS) is 1. The lowest BCUT2D eigenvalue weighted by molar-refractivity contribution is -0.139. The molecular formula is C24H16F4N4O3. The van der Waals surface area contributed by atoms with Crippen LogP contribution in [0.2, 0.25) is 0 Å². The van der Waals surface area contributed by atoms with Crippen LogP contribution in [0.1, 0.15) is 27.2 Å². The van der Waals surface area contributed by atoms with E-state index in [4.69, 9.17) is 5.11 Å². The van der Waals surface area contributed by atoms with Gasteiger partial charge in [0.15, 0.2) is 0 Å². The van der Waals surface area contributed by atoms with Gasteiger partial charge in [-0.15, -0.1) is 0 Å². The minimum atomic E-state index is -4.89. The number of carbonyl (C=O) groups is 2. The molecule has 11 heteroatoms. The fraction of sp³-hybridized carbons (Fsp3) is 0.0833. The Labute approximate surface area is 195 Å². The Balaban J connectivity index is 1.58. The van der Waals surface area contributed by atoms with Gasteiger partial charge in [-0.1, -0.05) is 30.3 Å². The van der Waals surface area contributed by atoms with Gasteiger partial charge >= 0.3 is 12.3 Å². The minimum Gasteiger partial charge on any atom is -0.465 e. The van der Waals surface area contributed by atoms with Crippen LogP contribution in [0.4, 0.5) is 33.9 Å². The number of fused-ring (bicyclic) bond motifs is 1. The molecule has 0 aliphatic carbocycles. The van der Waals surface area contributed by atoms with Crippen molar-refractivity contribution >= 4 is 34.3 Å². The van der Waals surface area contributed by atoms with Crippen LogP contribution < -0.4 is 10.6 Å². The normalized spacial score (nSPS) is 11.3. The summed E-state index contributed by atoms with van der Waals surface area (Å²) in [6.45, 7) is 0. The Morgan fingerprint density at radius 2 is 1.74 bits per heavy atom. The highest BCUT2D eigenvalue weighted by molar-refractivity contribution is 6.13. The lowest BCUT2D eigenvalue weighted by atomic mass is 9.99. The highest BCUT2D eigenvalue weighted by Crippen LogP contribution is 2.33. The van der Waals surface area contributed by atoms with Crippen molar-refractivity contribution in [3.05, 3.63) is 95.2 Å². The van der Waals surface area contributed by atoms with Crippen molar-refractivity contribution in [1.82, 2.24) is 9.97 Å². The summed E-state index contributed by atoms with van der Waals surface area (Å²) in [5.41, 5.74) is -0.0461. The first-order chi connectivity index (χ1) is 16.6. The van der Waals surface area contributed by atoms with Crippen molar-refractivity contribution < 1.29 is 32.3 Å². The van der Waals surface area contributed by atoms with Crippen LogP contribution in [0.15, 0.2) is 67.0 Å². The molecule has 1 heterocycles. The molecule has 0 fully saturated rings.